The van der Waals surface area contributed by atoms with Crippen LogP contribution in [-0.2, 0) is 0 Å². The van der Waals surface area contributed by atoms with Crippen LogP contribution < -0.4 is 10.5 Å². The lowest BCUT2D eigenvalue weighted by molar-refractivity contribution is -0.386. The highest BCUT2D eigenvalue weighted by Crippen LogP contribution is 2.30. The van der Waals surface area contributed by atoms with Crippen molar-refractivity contribution in [3.05, 3.63) is 33.9 Å². The number of methoxy groups -OCH3 is 1. The van der Waals surface area contributed by atoms with Gasteiger partial charge in [0, 0.05) is 0 Å². The van der Waals surface area contributed by atoms with E-state index in [0.717, 1.165) is 6.07 Å². The van der Waals surface area contributed by atoms with Gasteiger partial charge >= 0.3 is 0 Å². The highest BCUT2D eigenvalue weighted by atomic mass is 19.3. The van der Waals surface area contributed by atoms with Gasteiger partial charge in [0.25, 0.3) is 12.1 Å². The predicted molar refractivity (Wildman–Crippen MR) is 52.6 cm³/mol. The largest absolute Gasteiger partial charge is 0.497 e. The summed E-state index contributed by atoms with van der Waals surface area (Å²) < 4.78 is 29.5. The van der Waals surface area contributed by atoms with Crippen molar-refractivity contribution >= 4 is 5.69 Å². The minimum atomic E-state index is -2.85. The van der Waals surface area contributed by atoms with Crippen molar-refractivity contribution < 1.29 is 18.4 Å². The predicted octanol–water partition coefficient (Wildman–Crippen LogP) is 1.87. The van der Waals surface area contributed by atoms with Crippen LogP contribution in [0.15, 0.2) is 18.2 Å². The maximum atomic E-state index is 12.4. The van der Waals surface area contributed by atoms with Crippen LogP contribution in [-0.4, -0.2) is 18.5 Å². The normalized spacial score (nSPS) is 12.6. The summed E-state index contributed by atoms with van der Waals surface area (Å²) in [5.74, 6) is 0.219. The zero-order valence-corrected chi connectivity index (χ0v) is 8.39. The molecule has 7 heteroatoms. The van der Waals surface area contributed by atoms with Gasteiger partial charge in [-0.1, -0.05) is 0 Å². The molecule has 1 unspecified atom stereocenters. The molecule has 0 saturated carbocycles. The SMILES string of the molecule is COc1ccc(C(N)C(F)F)c([N+](=O)[O-])c1. The molecule has 2 N–H and O–H groups in total. The molecule has 1 atom stereocenters. The first-order valence-electron chi connectivity index (χ1n) is 4.33. The average Bonchev–Trinajstić information content (AvgIpc) is 2.26. The smallest absolute Gasteiger partial charge is 0.278 e. The van der Waals surface area contributed by atoms with Crippen LogP contribution in [0.1, 0.15) is 11.6 Å². The van der Waals surface area contributed by atoms with Crippen molar-refractivity contribution in [1.29, 1.82) is 0 Å². The maximum Gasteiger partial charge on any atom is 0.278 e. The van der Waals surface area contributed by atoms with E-state index in [4.69, 9.17) is 10.5 Å². The Bertz CT molecular complexity index is 398. The summed E-state index contributed by atoms with van der Waals surface area (Å²) in [5.41, 5.74) is 4.50. The van der Waals surface area contributed by atoms with Crippen molar-refractivity contribution in [3.8, 4) is 5.75 Å². The van der Waals surface area contributed by atoms with E-state index in [9.17, 15) is 18.9 Å². The molecule has 0 aliphatic carbocycles. The topological polar surface area (TPSA) is 78.4 Å². The van der Waals surface area contributed by atoms with Gasteiger partial charge in [0.2, 0.25) is 0 Å². The molecule has 0 aliphatic rings. The summed E-state index contributed by atoms with van der Waals surface area (Å²) >= 11 is 0. The fourth-order valence-electron chi connectivity index (χ4n) is 1.23. The summed E-state index contributed by atoms with van der Waals surface area (Å²) in [6, 6.07) is 1.92. The van der Waals surface area contributed by atoms with Crippen molar-refractivity contribution in [1.82, 2.24) is 0 Å². The number of nitrogens with two attached hydrogens (primary N) is 1. The summed E-state index contributed by atoms with van der Waals surface area (Å²) in [5, 5.41) is 10.7. The molecular formula is C9H10F2N2O3. The van der Waals surface area contributed by atoms with Gasteiger partial charge in [-0.3, -0.25) is 10.1 Å². The van der Waals surface area contributed by atoms with Crippen LogP contribution in [0.25, 0.3) is 0 Å². The third-order valence-corrected chi connectivity index (χ3v) is 2.06. The monoisotopic (exact) mass is 232 g/mol. The maximum absolute atomic E-state index is 12.4. The molecule has 1 aromatic rings. The third-order valence-electron chi connectivity index (χ3n) is 2.06. The average molecular weight is 232 g/mol. The third kappa shape index (κ3) is 2.43. The Morgan fingerprint density at radius 1 is 1.50 bits per heavy atom. The van der Waals surface area contributed by atoms with E-state index >= 15 is 0 Å². The first kappa shape index (κ1) is 12.3. The van der Waals surface area contributed by atoms with Gasteiger partial charge in [-0.15, -0.1) is 0 Å². The molecular weight excluding hydrogens is 222 g/mol. The zero-order chi connectivity index (χ0) is 12.3. The van der Waals surface area contributed by atoms with Gasteiger partial charge < -0.3 is 10.5 Å². The Morgan fingerprint density at radius 2 is 2.12 bits per heavy atom. The Kier molecular flexibility index (Phi) is 3.73. The summed E-state index contributed by atoms with van der Waals surface area (Å²) in [6.45, 7) is 0. The molecule has 1 aromatic carbocycles. The van der Waals surface area contributed by atoms with Gasteiger partial charge in [0.05, 0.1) is 29.7 Å². The second-order valence-electron chi connectivity index (χ2n) is 3.04. The van der Waals surface area contributed by atoms with Crippen molar-refractivity contribution in [3.63, 3.8) is 0 Å². The Hall–Kier alpha value is -1.76. The molecule has 0 spiro atoms. The van der Waals surface area contributed by atoms with E-state index in [-0.39, 0.29) is 11.3 Å². The van der Waals surface area contributed by atoms with E-state index in [1.165, 1.54) is 19.2 Å². The summed E-state index contributed by atoms with van der Waals surface area (Å²) in [7, 11) is 1.33. The van der Waals surface area contributed by atoms with Crippen LogP contribution in [0.4, 0.5) is 14.5 Å². The number of alkyl halides is 2. The second kappa shape index (κ2) is 4.84. The van der Waals surface area contributed by atoms with Crippen molar-refractivity contribution in [2.45, 2.75) is 12.5 Å². The minimum Gasteiger partial charge on any atom is -0.497 e. The van der Waals surface area contributed by atoms with Gasteiger partial charge in [0.1, 0.15) is 5.75 Å². The van der Waals surface area contributed by atoms with E-state index < -0.39 is 23.1 Å². The fraction of sp³-hybridized carbons (Fsp3) is 0.333. The van der Waals surface area contributed by atoms with Gasteiger partial charge in [0.15, 0.2) is 0 Å². The van der Waals surface area contributed by atoms with Crippen molar-refractivity contribution in [2.75, 3.05) is 7.11 Å². The molecule has 0 heterocycles. The Morgan fingerprint density at radius 3 is 2.56 bits per heavy atom. The van der Waals surface area contributed by atoms with E-state index in [0.29, 0.717) is 0 Å². The first-order valence-corrected chi connectivity index (χ1v) is 4.33. The highest BCUT2D eigenvalue weighted by Gasteiger charge is 2.26. The van der Waals surface area contributed by atoms with Crippen molar-refractivity contribution in [2.24, 2.45) is 5.73 Å². The number of nitro groups is 1. The number of ether oxygens (including phenoxy) is 1. The molecule has 0 saturated heterocycles. The molecule has 0 bridgehead atoms. The molecule has 0 fully saturated rings. The molecule has 16 heavy (non-hydrogen) atoms. The number of nitrogens with zero attached hydrogens (tertiary/aromatic N) is 1. The molecule has 5 nitrogen and oxygen atoms in total. The number of halogens is 2. The zero-order valence-electron chi connectivity index (χ0n) is 8.39. The van der Waals surface area contributed by atoms with Gasteiger partial charge in [-0.05, 0) is 12.1 Å². The Balaban J connectivity index is 3.23. The highest BCUT2D eigenvalue weighted by molar-refractivity contribution is 5.47. The molecule has 0 aliphatic heterocycles. The molecule has 0 aromatic heterocycles. The number of rotatable bonds is 4. The Labute approximate surface area is 90.0 Å². The standard InChI is InChI=1S/C9H10F2N2O3/c1-16-5-2-3-6(8(12)9(10)11)7(4-5)13(14)15/h2-4,8-9H,12H2,1H3. The first-order chi connectivity index (χ1) is 7.47. The van der Waals surface area contributed by atoms with Gasteiger partial charge in [-0.2, -0.15) is 0 Å². The molecule has 88 valence electrons. The number of nitro benzene ring substituents is 1. The van der Waals surface area contributed by atoms with Crippen LogP contribution in [0.5, 0.6) is 5.75 Å². The number of benzene rings is 1. The second-order valence-corrected chi connectivity index (χ2v) is 3.04. The number of hydrogen-bond donors (Lipinski definition) is 1. The van der Waals surface area contributed by atoms with Crippen LogP contribution in [0.2, 0.25) is 0 Å². The van der Waals surface area contributed by atoms with E-state index in [2.05, 4.69) is 0 Å². The van der Waals surface area contributed by atoms with Crippen LogP contribution >= 0.6 is 0 Å². The minimum absolute atomic E-state index is 0.208. The molecule has 0 amide bonds. The molecule has 1 rings (SSSR count). The van der Waals surface area contributed by atoms with Gasteiger partial charge in [-0.25, -0.2) is 8.78 Å². The van der Waals surface area contributed by atoms with Crippen LogP contribution in [0, 0.1) is 10.1 Å². The lowest BCUT2D eigenvalue weighted by atomic mass is 10.1. The summed E-state index contributed by atoms with van der Waals surface area (Å²) in [4.78, 5) is 9.90. The lowest BCUT2D eigenvalue weighted by Gasteiger charge is -2.11. The fourth-order valence-corrected chi connectivity index (χ4v) is 1.23. The lowest BCUT2D eigenvalue weighted by Crippen LogP contribution is -2.20. The van der Waals surface area contributed by atoms with E-state index in [1.54, 1.807) is 0 Å². The summed E-state index contributed by atoms with van der Waals surface area (Å²) in [6.07, 6.45) is -2.85. The number of hydrogen-bond acceptors (Lipinski definition) is 4. The quantitative estimate of drug-likeness (QED) is 0.634. The molecule has 0 radical (unpaired) electrons. The van der Waals surface area contributed by atoms with Crippen LogP contribution in [0.3, 0.4) is 0 Å². The van der Waals surface area contributed by atoms with E-state index in [1.807, 2.05) is 0 Å².